The van der Waals surface area contributed by atoms with E-state index in [2.05, 4.69) is 11.0 Å². The summed E-state index contributed by atoms with van der Waals surface area (Å²) >= 11 is 6.02. The molecule has 4 nitrogen and oxygen atoms in total. The molecule has 1 fully saturated rings. The number of furan rings is 1. The first-order valence-corrected chi connectivity index (χ1v) is 7.81. The van der Waals surface area contributed by atoms with E-state index in [0.29, 0.717) is 11.3 Å². The van der Waals surface area contributed by atoms with E-state index in [1.54, 1.807) is 12.3 Å². The lowest BCUT2D eigenvalue weighted by molar-refractivity contribution is 0.0627. The third-order valence-corrected chi connectivity index (χ3v) is 4.28. The van der Waals surface area contributed by atoms with E-state index in [0.717, 1.165) is 37.7 Å². The highest BCUT2D eigenvalue weighted by Gasteiger charge is 2.24. The molecule has 1 aromatic carbocycles. The highest BCUT2D eigenvalue weighted by molar-refractivity contribution is 6.30. The molecule has 1 aliphatic heterocycles. The highest BCUT2D eigenvalue weighted by atomic mass is 35.5. The number of amides is 1. The zero-order valence-corrected chi connectivity index (χ0v) is 13.3. The second-order valence-corrected chi connectivity index (χ2v) is 6.03. The number of benzene rings is 1. The molecule has 0 N–H and O–H groups in total. The number of halogens is 1. The van der Waals surface area contributed by atoms with E-state index < -0.39 is 0 Å². The van der Waals surface area contributed by atoms with E-state index in [-0.39, 0.29) is 5.91 Å². The van der Waals surface area contributed by atoms with Crippen LogP contribution in [0.15, 0.2) is 41.0 Å². The second-order valence-electron chi connectivity index (χ2n) is 5.59. The Morgan fingerprint density at radius 1 is 1.23 bits per heavy atom. The molecule has 2 heterocycles. The average Bonchev–Trinajstić information content (AvgIpc) is 2.93. The van der Waals surface area contributed by atoms with E-state index in [4.69, 9.17) is 16.0 Å². The zero-order chi connectivity index (χ0) is 15.5. The van der Waals surface area contributed by atoms with Gasteiger partial charge in [-0.05, 0) is 30.7 Å². The molecule has 1 amide bonds. The second kappa shape index (κ2) is 6.55. The van der Waals surface area contributed by atoms with Crippen molar-refractivity contribution in [2.75, 3.05) is 26.2 Å². The number of hydrogen-bond donors (Lipinski definition) is 0. The summed E-state index contributed by atoms with van der Waals surface area (Å²) in [6, 6.07) is 9.68. The lowest BCUT2D eigenvalue weighted by Crippen LogP contribution is -2.48. The number of carbonyl (C=O) groups excluding carboxylic acids is 1. The molecule has 0 bridgehead atoms. The topological polar surface area (TPSA) is 36.7 Å². The number of rotatable bonds is 3. The van der Waals surface area contributed by atoms with Crippen molar-refractivity contribution in [1.29, 1.82) is 0 Å². The first-order valence-electron chi connectivity index (χ1n) is 7.43. The van der Waals surface area contributed by atoms with Gasteiger partial charge in [0.05, 0.1) is 11.8 Å². The quantitative estimate of drug-likeness (QED) is 0.872. The van der Waals surface area contributed by atoms with Crippen LogP contribution in [0, 0.1) is 6.92 Å². The molecule has 22 heavy (non-hydrogen) atoms. The molecule has 0 atom stereocenters. The smallest absolute Gasteiger partial charge is 0.257 e. The van der Waals surface area contributed by atoms with Gasteiger partial charge in [0.15, 0.2) is 0 Å². The lowest BCUT2D eigenvalue weighted by atomic mass is 10.1. The minimum absolute atomic E-state index is 0.0636. The van der Waals surface area contributed by atoms with Gasteiger partial charge in [-0.15, -0.1) is 0 Å². The van der Waals surface area contributed by atoms with Gasteiger partial charge in [-0.2, -0.15) is 0 Å². The van der Waals surface area contributed by atoms with E-state index in [9.17, 15) is 4.79 Å². The Hall–Kier alpha value is -1.78. The fourth-order valence-corrected chi connectivity index (χ4v) is 2.99. The van der Waals surface area contributed by atoms with Crippen LogP contribution in [0.4, 0.5) is 0 Å². The van der Waals surface area contributed by atoms with Gasteiger partial charge in [-0.1, -0.05) is 23.7 Å². The first-order chi connectivity index (χ1) is 10.6. The number of carbonyl (C=O) groups is 1. The largest absolute Gasteiger partial charge is 0.469 e. The van der Waals surface area contributed by atoms with Crippen molar-refractivity contribution >= 4 is 17.5 Å². The number of aryl methyl sites for hydroxylation is 1. The molecule has 3 rings (SSSR count). The number of hydrogen-bond acceptors (Lipinski definition) is 3. The minimum Gasteiger partial charge on any atom is -0.469 e. The lowest BCUT2D eigenvalue weighted by Gasteiger charge is -2.34. The third-order valence-electron chi connectivity index (χ3n) is 4.04. The van der Waals surface area contributed by atoms with Crippen LogP contribution in [-0.4, -0.2) is 41.9 Å². The van der Waals surface area contributed by atoms with Gasteiger partial charge in [0.1, 0.15) is 5.76 Å². The summed E-state index contributed by atoms with van der Waals surface area (Å²) in [5.74, 6) is 0.750. The molecule has 0 spiro atoms. The van der Waals surface area contributed by atoms with Crippen LogP contribution in [0.3, 0.4) is 0 Å². The summed E-state index contributed by atoms with van der Waals surface area (Å²) < 4.78 is 5.22. The van der Waals surface area contributed by atoms with Gasteiger partial charge < -0.3 is 9.32 Å². The van der Waals surface area contributed by atoms with Crippen LogP contribution >= 0.6 is 11.6 Å². The number of piperazine rings is 1. The van der Waals surface area contributed by atoms with Crippen LogP contribution < -0.4 is 0 Å². The Labute approximate surface area is 135 Å². The summed E-state index contributed by atoms with van der Waals surface area (Å²) in [7, 11) is 0. The van der Waals surface area contributed by atoms with E-state index >= 15 is 0 Å². The van der Waals surface area contributed by atoms with Crippen LogP contribution in [0.2, 0.25) is 5.02 Å². The van der Waals surface area contributed by atoms with Gasteiger partial charge in [0.2, 0.25) is 0 Å². The van der Waals surface area contributed by atoms with Crippen LogP contribution in [-0.2, 0) is 6.54 Å². The van der Waals surface area contributed by atoms with Crippen molar-refractivity contribution in [3.05, 3.63) is 58.5 Å². The van der Waals surface area contributed by atoms with Gasteiger partial charge in [-0.25, -0.2) is 0 Å². The van der Waals surface area contributed by atoms with Crippen molar-refractivity contribution in [2.24, 2.45) is 0 Å². The Bertz CT molecular complexity index is 660. The molecular weight excluding hydrogens is 300 g/mol. The summed E-state index contributed by atoms with van der Waals surface area (Å²) in [4.78, 5) is 16.7. The summed E-state index contributed by atoms with van der Waals surface area (Å²) in [6.07, 6.45) is 1.57. The van der Waals surface area contributed by atoms with Crippen LogP contribution in [0.1, 0.15) is 21.7 Å². The maximum Gasteiger partial charge on any atom is 0.257 e. The first kappa shape index (κ1) is 15.1. The zero-order valence-electron chi connectivity index (χ0n) is 12.6. The Balaban J connectivity index is 1.56. The summed E-state index contributed by atoms with van der Waals surface area (Å²) in [6.45, 7) is 5.91. The molecule has 1 saturated heterocycles. The summed E-state index contributed by atoms with van der Waals surface area (Å²) in [5, 5.41) is 0.766. The van der Waals surface area contributed by atoms with Gasteiger partial charge in [0, 0.05) is 37.7 Å². The molecule has 0 unspecified atom stereocenters. The van der Waals surface area contributed by atoms with Crippen molar-refractivity contribution in [2.45, 2.75) is 13.5 Å². The molecule has 0 saturated carbocycles. The summed E-state index contributed by atoms with van der Waals surface area (Å²) in [5.41, 5.74) is 1.88. The van der Waals surface area contributed by atoms with Crippen molar-refractivity contribution < 1.29 is 9.21 Å². The van der Waals surface area contributed by atoms with Gasteiger partial charge in [-0.3, -0.25) is 9.69 Å². The van der Waals surface area contributed by atoms with Crippen LogP contribution in [0.5, 0.6) is 0 Å². The van der Waals surface area contributed by atoms with Crippen molar-refractivity contribution in [3.63, 3.8) is 0 Å². The van der Waals surface area contributed by atoms with Crippen molar-refractivity contribution in [3.8, 4) is 0 Å². The minimum atomic E-state index is 0.0636. The molecule has 2 aromatic rings. The molecular formula is C17H19ClN2O2. The predicted octanol–water partition coefficient (Wildman–Crippen LogP) is 3.20. The Morgan fingerprint density at radius 2 is 2.00 bits per heavy atom. The highest BCUT2D eigenvalue weighted by Crippen LogP contribution is 2.16. The molecule has 1 aliphatic rings. The molecule has 1 aromatic heterocycles. The SMILES string of the molecule is Cc1occc1C(=O)N1CCN(Cc2cccc(Cl)c2)CC1. The Kier molecular flexibility index (Phi) is 4.50. The van der Waals surface area contributed by atoms with Gasteiger partial charge >= 0.3 is 0 Å². The maximum atomic E-state index is 12.4. The monoisotopic (exact) mass is 318 g/mol. The molecule has 116 valence electrons. The molecule has 0 radical (unpaired) electrons. The molecule has 0 aliphatic carbocycles. The van der Waals surface area contributed by atoms with Crippen LogP contribution in [0.25, 0.3) is 0 Å². The fourth-order valence-electron chi connectivity index (χ4n) is 2.78. The normalized spacial score (nSPS) is 16.0. The Morgan fingerprint density at radius 3 is 2.64 bits per heavy atom. The maximum absolute atomic E-state index is 12.4. The number of nitrogens with zero attached hydrogens (tertiary/aromatic N) is 2. The van der Waals surface area contributed by atoms with E-state index in [1.807, 2.05) is 30.0 Å². The van der Waals surface area contributed by atoms with E-state index in [1.165, 1.54) is 5.56 Å². The predicted molar refractivity (Wildman–Crippen MR) is 86.1 cm³/mol. The average molecular weight is 319 g/mol. The molecule has 5 heteroatoms. The fraction of sp³-hybridized carbons (Fsp3) is 0.353. The third kappa shape index (κ3) is 3.34. The van der Waals surface area contributed by atoms with Gasteiger partial charge in [0.25, 0.3) is 5.91 Å². The van der Waals surface area contributed by atoms with Crippen molar-refractivity contribution in [1.82, 2.24) is 9.80 Å². The standard InChI is InChI=1S/C17H19ClN2O2/c1-13-16(5-10-22-13)17(21)20-8-6-19(7-9-20)12-14-3-2-4-15(18)11-14/h2-5,10-11H,6-9,12H2,1H3.